The molecular weight excluding hydrogens is 565 g/mol. The van der Waals surface area contributed by atoms with Gasteiger partial charge >= 0.3 is 0 Å². The Morgan fingerprint density at radius 3 is 2.27 bits per heavy atom. The summed E-state index contributed by atoms with van der Waals surface area (Å²) >= 11 is 6.41. The van der Waals surface area contributed by atoms with E-state index in [1.54, 1.807) is 43.3 Å². The van der Waals surface area contributed by atoms with Crippen LogP contribution < -0.4 is 9.62 Å². The molecule has 10 heteroatoms. The topological polar surface area (TPSA) is 86.8 Å². The van der Waals surface area contributed by atoms with Gasteiger partial charge in [0.2, 0.25) is 11.8 Å². The number of nitrogens with zero attached hydrogens (tertiary/aromatic N) is 2. The fourth-order valence-corrected chi connectivity index (χ4v) is 6.58. The molecule has 1 saturated carbocycles. The zero-order valence-corrected chi connectivity index (χ0v) is 24.8. The molecule has 1 aliphatic rings. The lowest BCUT2D eigenvalue weighted by molar-refractivity contribution is -0.139. The molecule has 1 aliphatic carbocycles. The van der Waals surface area contributed by atoms with Crippen LogP contribution in [-0.2, 0) is 26.2 Å². The number of halogens is 2. The van der Waals surface area contributed by atoms with E-state index in [0.717, 1.165) is 48.0 Å². The highest BCUT2D eigenvalue weighted by Gasteiger charge is 2.34. The Kier molecular flexibility index (Phi) is 10.0. The Morgan fingerprint density at radius 2 is 1.61 bits per heavy atom. The normalized spacial score (nSPS) is 14.7. The summed E-state index contributed by atoms with van der Waals surface area (Å²) in [6.45, 7) is 2.67. The van der Waals surface area contributed by atoms with Gasteiger partial charge in [0.05, 0.1) is 10.6 Å². The summed E-state index contributed by atoms with van der Waals surface area (Å²) in [5.41, 5.74) is 1.18. The second-order valence-electron chi connectivity index (χ2n) is 10.4. The van der Waals surface area contributed by atoms with Crippen LogP contribution in [0.15, 0.2) is 77.7 Å². The van der Waals surface area contributed by atoms with Crippen LogP contribution in [0.1, 0.15) is 50.2 Å². The molecule has 0 spiro atoms. The van der Waals surface area contributed by atoms with Crippen molar-refractivity contribution in [3.63, 3.8) is 0 Å². The second-order valence-corrected chi connectivity index (χ2v) is 12.7. The standard InChI is InChI=1S/C31H35ClFN3O4S/c1-22-16-18-26(19-17-22)41(39,40)36(29-15-9-8-14-28(29)33)21-30(37)35(20-24-10-6-7-13-27(24)32)23(2)31(38)34-25-11-4-3-5-12-25/h6-10,13-19,23,25H,3-5,11-12,20-21H2,1-2H3,(H,34,38)/t23-/m0/s1. The van der Waals surface area contributed by atoms with Crippen LogP contribution in [-0.4, -0.2) is 43.8 Å². The van der Waals surface area contributed by atoms with Gasteiger partial charge in [-0.25, -0.2) is 12.8 Å². The Hall–Kier alpha value is -3.43. The van der Waals surface area contributed by atoms with E-state index < -0.39 is 34.3 Å². The molecule has 7 nitrogen and oxygen atoms in total. The maximum Gasteiger partial charge on any atom is 0.264 e. The number of hydrogen-bond donors (Lipinski definition) is 1. The van der Waals surface area contributed by atoms with Gasteiger partial charge in [-0.05, 0) is 62.6 Å². The van der Waals surface area contributed by atoms with Gasteiger partial charge in [-0.15, -0.1) is 0 Å². The molecule has 41 heavy (non-hydrogen) atoms. The maximum atomic E-state index is 15.0. The van der Waals surface area contributed by atoms with Crippen molar-refractivity contribution < 1.29 is 22.4 Å². The third kappa shape index (κ3) is 7.45. The van der Waals surface area contributed by atoms with Crippen molar-refractivity contribution in [1.29, 1.82) is 0 Å². The molecule has 1 fully saturated rings. The van der Waals surface area contributed by atoms with Crippen LogP contribution in [0.2, 0.25) is 5.02 Å². The van der Waals surface area contributed by atoms with Gasteiger partial charge in [-0.3, -0.25) is 13.9 Å². The number of amides is 2. The molecule has 2 amide bonds. The van der Waals surface area contributed by atoms with Crippen molar-refractivity contribution in [2.24, 2.45) is 0 Å². The predicted molar refractivity (Wildman–Crippen MR) is 159 cm³/mol. The molecule has 0 heterocycles. The summed E-state index contributed by atoms with van der Waals surface area (Å²) in [5.74, 6) is -1.80. The number of rotatable bonds is 10. The first-order valence-corrected chi connectivity index (χ1v) is 15.6. The third-order valence-electron chi connectivity index (χ3n) is 7.43. The quantitative estimate of drug-likeness (QED) is 0.317. The first-order valence-electron chi connectivity index (χ1n) is 13.7. The summed E-state index contributed by atoms with van der Waals surface area (Å²) in [5, 5.41) is 3.46. The number of para-hydroxylation sites is 1. The van der Waals surface area contributed by atoms with E-state index in [4.69, 9.17) is 11.6 Å². The summed E-state index contributed by atoms with van der Waals surface area (Å²) in [6.07, 6.45) is 4.91. The summed E-state index contributed by atoms with van der Waals surface area (Å²) < 4.78 is 43.4. The second kappa shape index (κ2) is 13.5. The highest BCUT2D eigenvalue weighted by atomic mass is 35.5. The van der Waals surface area contributed by atoms with Crippen molar-refractivity contribution in [2.75, 3.05) is 10.8 Å². The highest BCUT2D eigenvalue weighted by Crippen LogP contribution is 2.28. The summed E-state index contributed by atoms with van der Waals surface area (Å²) in [7, 11) is -4.35. The zero-order chi connectivity index (χ0) is 29.6. The van der Waals surface area contributed by atoms with Crippen LogP contribution in [0.25, 0.3) is 0 Å². The van der Waals surface area contributed by atoms with E-state index in [-0.39, 0.29) is 29.1 Å². The van der Waals surface area contributed by atoms with Gasteiger partial charge in [-0.2, -0.15) is 0 Å². The first-order chi connectivity index (χ1) is 19.6. The van der Waals surface area contributed by atoms with Crippen molar-refractivity contribution in [3.05, 3.63) is 94.8 Å². The minimum absolute atomic E-state index is 0.0211. The molecular formula is C31H35ClFN3O4S. The van der Waals surface area contributed by atoms with Crippen LogP contribution in [0.3, 0.4) is 0 Å². The fraction of sp³-hybridized carbons (Fsp3) is 0.355. The molecule has 218 valence electrons. The predicted octanol–water partition coefficient (Wildman–Crippen LogP) is 5.85. The smallest absolute Gasteiger partial charge is 0.264 e. The Balaban J connectivity index is 1.69. The Labute approximate surface area is 246 Å². The molecule has 1 atom stereocenters. The number of carbonyl (C=O) groups is 2. The van der Waals surface area contributed by atoms with Gasteiger partial charge in [0.15, 0.2) is 0 Å². The molecule has 0 unspecified atom stereocenters. The van der Waals surface area contributed by atoms with Crippen LogP contribution in [0, 0.1) is 12.7 Å². The SMILES string of the molecule is Cc1ccc(S(=O)(=O)N(CC(=O)N(Cc2ccccc2Cl)[C@@H](C)C(=O)NC2CCCCC2)c2ccccc2F)cc1. The molecule has 4 rings (SSSR count). The number of sulfonamides is 1. The Morgan fingerprint density at radius 1 is 0.976 bits per heavy atom. The van der Waals surface area contributed by atoms with Gasteiger partial charge < -0.3 is 10.2 Å². The number of anilines is 1. The van der Waals surface area contributed by atoms with E-state index >= 15 is 4.39 Å². The number of hydrogen-bond acceptors (Lipinski definition) is 4. The van der Waals surface area contributed by atoms with E-state index in [2.05, 4.69) is 5.32 Å². The van der Waals surface area contributed by atoms with E-state index in [1.807, 2.05) is 6.92 Å². The zero-order valence-electron chi connectivity index (χ0n) is 23.2. The molecule has 0 saturated heterocycles. The van der Waals surface area contributed by atoms with Gasteiger partial charge in [0.1, 0.15) is 18.4 Å². The molecule has 3 aromatic rings. The number of benzene rings is 3. The summed E-state index contributed by atoms with van der Waals surface area (Å²) in [4.78, 5) is 28.6. The lowest BCUT2D eigenvalue weighted by atomic mass is 9.95. The Bertz CT molecular complexity index is 1480. The fourth-order valence-electron chi connectivity index (χ4n) is 4.97. The number of aryl methyl sites for hydroxylation is 1. The lowest BCUT2D eigenvalue weighted by Crippen LogP contribution is -2.53. The molecule has 0 bridgehead atoms. The molecule has 0 aromatic heterocycles. The van der Waals surface area contributed by atoms with Crippen molar-refractivity contribution in [1.82, 2.24) is 10.2 Å². The summed E-state index contributed by atoms with van der Waals surface area (Å²) in [6, 6.07) is 17.5. The van der Waals surface area contributed by atoms with Gasteiger partial charge in [0, 0.05) is 17.6 Å². The maximum absolute atomic E-state index is 15.0. The molecule has 3 aromatic carbocycles. The molecule has 0 aliphatic heterocycles. The first kappa shape index (κ1) is 30.5. The number of carbonyl (C=O) groups excluding carboxylic acids is 2. The van der Waals surface area contributed by atoms with Crippen molar-refractivity contribution >= 4 is 39.1 Å². The van der Waals surface area contributed by atoms with E-state index in [0.29, 0.717) is 10.6 Å². The van der Waals surface area contributed by atoms with Crippen molar-refractivity contribution in [3.8, 4) is 0 Å². The van der Waals surface area contributed by atoms with Crippen LogP contribution >= 0.6 is 11.6 Å². The van der Waals surface area contributed by atoms with E-state index in [1.165, 1.54) is 35.2 Å². The third-order valence-corrected chi connectivity index (χ3v) is 9.57. The average molecular weight is 600 g/mol. The van der Waals surface area contributed by atoms with Crippen LogP contribution in [0.5, 0.6) is 0 Å². The average Bonchev–Trinajstić information content (AvgIpc) is 2.96. The minimum Gasteiger partial charge on any atom is -0.352 e. The van der Waals surface area contributed by atoms with E-state index in [9.17, 15) is 18.0 Å². The lowest BCUT2D eigenvalue weighted by Gasteiger charge is -2.33. The van der Waals surface area contributed by atoms with Gasteiger partial charge in [-0.1, -0.05) is 78.9 Å². The highest BCUT2D eigenvalue weighted by molar-refractivity contribution is 7.92. The largest absolute Gasteiger partial charge is 0.352 e. The minimum atomic E-state index is -4.35. The van der Waals surface area contributed by atoms with Gasteiger partial charge in [0.25, 0.3) is 10.0 Å². The monoisotopic (exact) mass is 599 g/mol. The van der Waals surface area contributed by atoms with Crippen molar-refractivity contribution in [2.45, 2.75) is 69.5 Å². The van der Waals surface area contributed by atoms with Crippen LogP contribution in [0.4, 0.5) is 10.1 Å². The molecule has 1 N–H and O–H groups in total. The number of nitrogens with one attached hydrogen (secondary N) is 1. The molecule has 0 radical (unpaired) electrons.